The van der Waals surface area contributed by atoms with Gasteiger partial charge in [0.05, 0.1) is 5.54 Å². The summed E-state index contributed by atoms with van der Waals surface area (Å²) < 4.78 is 0. The van der Waals surface area contributed by atoms with Crippen molar-refractivity contribution < 1.29 is 4.79 Å². The number of urea groups is 1. The molecular formula is C17H23N5OS. The number of pyridine rings is 1. The second-order valence-corrected chi connectivity index (χ2v) is 7.50. The Labute approximate surface area is 146 Å². The monoisotopic (exact) mass is 345 g/mol. The first kappa shape index (κ1) is 16.7. The minimum atomic E-state index is -0.484. The summed E-state index contributed by atoms with van der Waals surface area (Å²) in [6.45, 7) is 7.58. The van der Waals surface area contributed by atoms with Gasteiger partial charge in [-0.05, 0) is 39.3 Å². The van der Waals surface area contributed by atoms with Crippen molar-refractivity contribution in [3.63, 3.8) is 0 Å². The molecule has 3 heterocycles. The highest BCUT2D eigenvalue weighted by molar-refractivity contribution is 7.09. The lowest BCUT2D eigenvalue weighted by molar-refractivity contribution is 0.227. The van der Waals surface area contributed by atoms with Crippen molar-refractivity contribution in [1.82, 2.24) is 20.6 Å². The fraction of sp³-hybridized carbons (Fsp3) is 0.471. The summed E-state index contributed by atoms with van der Waals surface area (Å²) in [6.07, 6.45) is 2.71. The quantitative estimate of drug-likeness (QED) is 0.894. The molecule has 2 amide bonds. The molecule has 6 nitrogen and oxygen atoms in total. The van der Waals surface area contributed by atoms with Crippen LogP contribution in [-0.4, -0.2) is 35.1 Å². The van der Waals surface area contributed by atoms with E-state index in [1.165, 1.54) is 0 Å². The average molecular weight is 345 g/mol. The summed E-state index contributed by atoms with van der Waals surface area (Å²) in [5.41, 5.74) is 0.495. The molecule has 0 saturated carbocycles. The number of carbonyl (C=O) groups is 1. The lowest BCUT2D eigenvalue weighted by Gasteiger charge is -2.25. The minimum absolute atomic E-state index is 0.126. The lowest BCUT2D eigenvalue weighted by atomic mass is 10.1. The van der Waals surface area contributed by atoms with Crippen molar-refractivity contribution >= 4 is 23.2 Å². The second kappa shape index (κ2) is 6.76. The van der Waals surface area contributed by atoms with Gasteiger partial charge in [-0.2, -0.15) is 0 Å². The van der Waals surface area contributed by atoms with E-state index in [0.29, 0.717) is 0 Å². The third kappa shape index (κ3) is 3.84. The van der Waals surface area contributed by atoms with Crippen LogP contribution in [0.15, 0.2) is 29.8 Å². The van der Waals surface area contributed by atoms with Crippen LogP contribution in [0.1, 0.15) is 31.0 Å². The van der Waals surface area contributed by atoms with Crippen LogP contribution < -0.4 is 15.5 Å². The molecule has 3 rings (SSSR count). The van der Waals surface area contributed by atoms with Crippen LogP contribution in [0.2, 0.25) is 0 Å². The highest BCUT2D eigenvalue weighted by Gasteiger charge is 2.29. The van der Waals surface area contributed by atoms with E-state index in [1.807, 2.05) is 44.4 Å². The first-order chi connectivity index (χ1) is 11.4. The van der Waals surface area contributed by atoms with Crippen molar-refractivity contribution in [3.05, 3.63) is 40.5 Å². The Morgan fingerprint density at radius 1 is 1.42 bits per heavy atom. The molecule has 1 unspecified atom stereocenters. The molecule has 2 aromatic rings. The zero-order valence-electron chi connectivity index (χ0n) is 14.2. The number of aryl methyl sites for hydroxylation is 1. The van der Waals surface area contributed by atoms with Gasteiger partial charge < -0.3 is 15.5 Å². The SMILES string of the molecule is Cc1csc(C(C)(C)NC(=O)NC2CCN(c3ccccn3)C2)n1. The van der Waals surface area contributed by atoms with Crippen LogP contribution in [0.4, 0.5) is 10.6 Å². The minimum Gasteiger partial charge on any atom is -0.354 e. The highest BCUT2D eigenvalue weighted by atomic mass is 32.1. The summed E-state index contributed by atoms with van der Waals surface area (Å²) in [4.78, 5) is 23.4. The Kier molecular flexibility index (Phi) is 4.71. The summed E-state index contributed by atoms with van der Waals surface area (Å²) in [5.74, 6) is 0.959. The van der Waals surface area contributed by atoms with Crippen molar-refractivity contribution in [2.75, 3.05) is 18.0 Å². The molecule has 0 radical (unpaired) electrons. The van der Waals surface area contributed by atoms with Crippen molar-refractivity contribution in [3.8, 4) is 0 Å². The lowest BCUT2D eigenvalue weighted by Crippen LogP contribution is -2.50. The maximum absolute atomic E-state index is 12.4. The van der Waals surface area contributed by atoms with E-state index >= 15 is 0 Å². The number of rotatable bonds is 4. The van der Waals surface area contributed by atoms with Crippen molar-refractivity contribution in [1.29, 1.82) is 0 Å². The van der Waals surface area contributed by atoms with E-state index in [2.05, 4.69) is 25.5 Å². The van der Waals surface area contributed by atoms with Gasteiger partial charge in [-0.3, -0.25) is 0 Å². The van der Waals surface area contributed by atoms with E-state index in [9.17, 15) is 4.79 Å². The molecular weight excluding hydrogens is 322 g/mol. The van der Waals surface area contributed by atoms with Gasteiger partial charge in [0, 0.05) is 36.4 Å². The molecule has 24 heavy (non-hydrogen) atoms. The number of thiazole rings is 1. The number of hydrogen-bond donors (Lipinski definition) is 2. The molecule has 0 aliphatic carbocycles. The fourth-order valence-corrected chi connectivity index (χ4v) is 3.70. The molecule has 1 aliphatic rings. The summed E-state index contributed by atoms with van der Waals surface area (Å²) in [5, 5.41) is 9.01. The zero-order chi connectivity index (χ0) is 17.2. The number of carbonyl (C=O) groups excluding carboxylic acids is 1. The Morgan fingerprint density at radius 2 is 2.25 bits per heavy atom. The average Bonchev–Trinajstić information content (AvgIpc) is 3.17. The van der Waals surface area contributed by atoms with Gasteiger partial charge in [-0.25, -0.2) is 14.8 Å². The first-order valence-electron chi connectivity index (χ1n) is 8.11. The van der Waals surface area contributed by atoms with Gasteiger partial charge in [0.25, 0.3) is 0 Å². The Bertz CT molecular complexity index is 700. The summed E-state index contributed by atoms with van der Waals surface area (Å²) in [6, 6.07) is 5.86. The number of anilines is 1. The Morgan fingerprint density at radius 3 is 2.92 bits per heavy atom. The van der Waals surface area contributed by atoms with Crippen LogP contribution in [0.5, 0.6) is 0 Å². The molecule has 1 fully saturated rings. The van der Waals surface area contributed by atoms with Gasteiger partial charge in [0.15, 0.2) is 0 Å². The Hall–Kier alpha value is -2.15. The molecule has 1 atom stereocenters. The van der Waals surface area contributed by atoms with E-state index in [0.717, 1.165) is 36.0 Å². The number of amides is 2. The predicted molar refractivity (Wildman–Crippen MR) is 96.4 cm³/mol. The molecule has 1 saturated heterocycles. The van der Waals surface area contributed by atoms with Crippen LogP contribution >= 0.6 is 11.3 Å². The van der Waals surface area contributed by atoms with E-state index in [1.54, 1.807) is 17.5 Å². The van der Waals surface area contributed by atoms with Gasteiger partial charge in [-0.1, -0.05) is 6.07 Å². The predicted octanol–water partition coefficient (Wildman–Crippen LogP) is 2.66. The number of nitrogens with one attached hydrogen (secondary N) is 2. The third-order valence-electron chi connectivity index (χ3n) is 4.08. The maximum atomic E-state index is 12.4. The number of hydrogen-bond acceptors (Lipinski definition) is 5. The molecule has 1 aliphatic heterocycles. The van der Waals surface area contributed by atoms with Crippen LogP contribution in [0, 0.1) is 6.92 Å². The van der Waals surface area contributed by atoms with Gasteiger partial charge >= 0.3 is 6.03 Å². The Balaban J connectivity index is 1.54. The van der Waals surface area contributed by atoms with Gasteiger partial charge in [0.1, 0.15) is 10.8 Å². The number of nitrogens with zero attached hydrogens (tertiary/aromatic N) is 3. The van der Waals surface area contributed by atoms with Crippen molar-refractivity contribution in [2.24, 2.45) is 0 Å². The molecule has 2 aromatic heterocycles. The fourth-order valence-electron chi connectivity index (χ4n) is 2.83. The molecule has 7 heteroatoms. The van der Waals surface area contributed by atoms with Gasteiger partial charge in [0.2, 0.25) is 0 Å². The van der Waals surface area contributed by atoms with Crippen LogP contribution in [0.25, 0.3) is 0 Å². The molecule has 2 N–H and O–H groups in total. The normalized spacial score (nSPS) is 17.8. The van der Waals surface area contributed by atoms with Crippen molar-refractivity contribution in [2.45, 2.75) is 38.8 Å². The number of aromatic nitrogens is 2. The van der Waals surface area contributed by atoms with Gasteiger partial charge in [-0.15, -0.1) is 11.3 Å². The van der Waals surface area contributed by atoms with E-state index in [4.69, 9.17) is 0 Å². The molecule has 128 valence electrons. The smallest absolute Gasteiger partial charge is 0.315 e. The summed E-state index contributed by atoms with van der Waals surface area (Å²) >= 11 is 1.57. The molecule has 0 bridgehead atoms. The van der Waals surface area contributed by atoms with E-state index < -0.39 is 5.54 Å². The standard InChI is InChI=1S/C17H23N5OS/c1-12-11-24-15(19-12)17(2,3)21-16(23)20-13-7-9-22(10-13)14-6-4-5-8-18-14/h4-6,8,11,13H,7,9-10H2,1-3H3,(H2,20,21,23). The largest absolute Gasteiger partial charge is 0.354 e. The van der Waals surface area contributed by atoms with Crippen LogP contribution in [-0.2, 0) is 5.54 Å². The summed E-state index contributed by atoms with van der Waals surface area (Å²) in [7, 11) is 0. The highest BCUT2D eigenvalue weighted by Crippen LogP contribution is 2.24. The molecule has 0 spiro atoms. The first-order valence-corrected chi connectivity index (χ1v) is 8.99. The topological polar surface area (TPSA) is 70.2 Å². The third-order valence-corrected chi connectivity index (χ3v) is 5.36. The molecule has 0 aromatic carbocycles. The maximum Gasteiger partial charge on any atom is 0.315 e. The second-order valence-electron chi connectivity index (χ2n) is 6.64. The zero-order valence-corrected chi connectivity index (χ0v) is 15.1. The van der Waals surface area contributed by atoms with Crippen LogP contribution in [0.3, 0.4) is 0 Å². The van der Waals surface area contributed by atoms with E-state index in [-0.39, 0.29) is 12.1 Å².